The average Bonchev–Trinajstić information content (AvgIpc) is 3.00. The molecule has 0 fully saturated rings. The van der Waals surface area contributed by atoms with E-state index in [4.69, 9.17) is 20.1 Å². The molecule has 0 aromatic heterocycles. The van der Waals surface area contributed by atoms with Crippen molar-refractivity contribution in [1.82, 2.24) is 0 Å². The maximum absolute atomic E-state index is 8.46. The van der Waals surface area contributed by atoms with Crippen LogP contribution in [0.1, 0.15) is 200 Å². The molecule has 0 aliphatic rings. The van der Waals surface area contributed by atoms with E-state index in [0.29, 0.717) is 0 Å². The van der Waals surface area contributed by atoms with Gasteiger partial charge < -0.3 is 20.1 Å². The van der Waals surface area contributed by atoms with Crippen molar-refractivity contribution in [3.05, 3.63) is 0 Å². The highest BCUT2D eigenvalue weighted by atomic mass is 79.9. The number of alkyl halides is 1. The van der Waals surface area contributed by atoms with Crippen molar-refractivity contribution in [1.29, 1.82) is 0 Å². The molecular formula is C36H77BrO4. The van der Waals surface area contributed by atoms with Gasteiger partial charge in [0.15, 0.2) is 0 Å². The van der Waals surface area contributed by atoms with Crippen molar-refractivity contribution in [2.75, 3.05) is 31.9 Å². The summed E-state index contributed by atoms with van der Waals surface area (Å²) in [6.45, 7) is 4.91. The fourth-order valence-electron chi connectivity index (χ4n) is 4.93. The van der Waals surface area contributed by atoms with Crippen LogP contribution in [0.3, 0.4) is 0 Å². The van der Waals surface area contributed by atoms with E-state index in [9.17, 15) is 0 Å². The van der Waals surface area contributed by atoms with Gasteiger partial charge in [0.1, 0.15) is 6.79 Å². The van der Waals surface area contributed by atoms with Gasteiger partial charge in [-0.1, -0.05) is 203 Å². The van der Waals surface area contributed by atoms with Gasteiger partial charge in [-0.05, 0) is 12.8 Å². The zero-order valence-corrected chi connectivity index (χ0v) is 29.8. The average molecular weight is 654 g/mol. The van der Waals surface area contributed by atoms with Crippen molar-refractivity contribution in [2.45, 2.75) is 200 Å². The zero-order chi connectivity index (χ0) is 30.7. The Kier molecular flexibility index (Phi) is 55.8. The molecule has 0 saturated carbocycles. The summed E-state index contributed by atoms with van der Waals surface area (Å²) in [5, 5.41) is 24.9. The second-order valence-electron chi connectivity index (χ2n) is 11.7. The first-order valence-corrected chi connectivity index (χ1v) is 19.3. The first-order chi connectivity index (χ1) is 20.2. The fourth-order valence-corrected chi connectivity index (χ4v) is 5.33. The van der Waals surface area contributed by atoms with Crippen LogP contribution in [-0.2, 0) is 4.74 Å². The molecule has 0 aliphatic carbocycles. The van der Waals surface area contributed by atoms with Crippen molar-refractivity contribution < 1.29 is 20.1 Å². The van der Waals surface area contributed by atoms with Crippen LogP contribution in [0.25, 0.3) is 0 Å². The van der Waals surface area contributed by atoms with Gasteiger partial charge in [-0.25, -0.2) is 0 Å². The number of rotatable bonds is 32. The van der Waals surface area contributed by atoms with Crippen LogP contribution in [0.15, 0.2) is 0 Å². The molecule has 0 rings (SSSR count). The van der Waals surface area contributed by atoms with Crippen molar-refractivity contribution in [3.8, 4) is 0 Å². The Hall–Kier alpha value is 0.320. The summed E-state index contributed by atoms with van der Waals surface area (Å²) < 4.78 is 4.90. The molecule has 0 aliphatic heterocycles. The molecule has 4 nitrogen and oxygen atoms in total. The quantitative estimate of drug-likeness (QED) is 0.0384. The second-order valence-corrected chi connectivity index (χ2v) is 12.5. The number of hydrogen-bond donors (Lipinski definition) is 3. The minimum atomic E-state index is -0.126. The van der Waals surface area contributed by atoms with Gasteiger partial charge in [0.25, 0.3) is 0 Å². The minimum absolute atomic E-state index is 0.125. The fraction of sp³-hybridized carbons (Fsp3) is 1.00. The van der Waals surface area contributed by atoms with Crippen molar-refractivity contribution in [2.24, 2.45) is 0 Å². The van der Waals surface area contributed by atoms with Crippen LogP contribution in [0.2, 0.25) is 0 Å². The Labute approximate surface area is 267 Å². The van der Waals surface area contributed by atoms with Crippen molar-refractivity contribution in [3.63, 3.8) is 0 Å². The third-order valence-electron chi connectivity index (χ3n) is 7.57. The molecule has 0 saturated heterocycles. The van der Waals surface area contributed by atoms with Gasteiger partial charge in [-0.15, -0.1) is 0 Å². The van der Waals surface area contributed by atoms with E-state index >= 15 is 0 Å². The maximum Gasteiger partial charge on any atom is 0.143 e. The van der Waals surface area contributed by atoms with E-state index in [1.165, 1.54) is 185 Å². The minimum Gasteiger partial charge on any atom is -0.394 e. The topological polar surface area (TPSA) is 69.9 Å². The van der Waals surface area contributed by atoms with E-state index < -0.39 is 0 Å². The lowest BCUT2D eigenvalue weighted by Crippen LogP contribution is -1.95. The lowest BCUT2D eigenvalue weighted by molar-refractivity contribution is -0.00284. The maximum atomic E-state index is 8.46. The van der Waals surface area contributed by atoms with Gasteiger partial charge in [-0.3, -0.25) is 0 Å². The molecule has 0 amide bonds. The molecular weight excluding hydrogens is 576 g/mol. The Bertz CT molecular complexity index is 351. The summed E-state index contributed by atoms with van der Waals surface area (Å²) in [6, 6.07) is 0. The molecule has 252 valence electrons. The lowest BCUT2D eigenvalue weighted by Gasteiger charge is -2.03. The van der Waals surface area contributed by atoms with E-state index in [0.717, 1.165) is 13.0 Å². The van der Waals surface area contributed by atoms with Gasteiger partial charge >= 0.3 is 0 Å². The molecule has 0 bridgehead atoms. The van der Waals surface area contributed by atoms with Crippen LogP contribution in [-0.4, -0.2) is 47.3 Å². The molecule has 0 heterocycles. The van der Waals surface area contributed by atoms with Crippen LogP contribution >= 0.6 is 15.9 Å². The SMILES string of the molecule is CCCCCCCCCCCCCCCCBr.CCCCCCCCCCCCCCCCCOCO.OCCO. The number of aliphatic hydroxyl groups is 3. The summed E-state index contributed by atoms with van der Waals surface area (Å²) in [7, 11) is 0. The lowest BCUT2D eigenvalue weighted by atomic mass is 10.0. The highest BCUT2D eigenvalue weighted by molar-refractivity contribution is 9.09. The number of unbranched alkanes of at least 4 members (excludes halogenated alkanes) is 27. The molecule has 0 aromatic rings. The van der Waals surface area contributed by atoms with Crippen molar-refractivity contribution >= 4 is 15.9 Å². The van der Waals surface area contributed by atoms with E-state index in [2.05, 4.69) is 29.8 Å². The largest absolute Gasteiger partial charge is 0.394 e. The third kappa shape index (κ3) is 56.7. The predicted octanol–water partition coefficient (Wildman–Crippen LogP) is 11.7. The Morgan fingerprint density at radius 1 is 0.366 bits per heavy atom. The molecule has 5 heteroatoms. The third-order valence-corrected chi connectivity index (χ3v) is 8.13. The molecule has 0 unspecified atom stereocenters. The highest BCUT2D eigenvalue weighted by Gasteiger charge is 1.95. The Balaban J connectivity index is -0.000000628. The van der Waals surface area contributed by atoms with E-state index in [1.807, 2.05) is 0 Å². The summed E-state index contributed by atoms with van der Waals surface area (Å²) >= 11 is 3.48. The Morgan fingerprint density at radius 3 is 0.829 bits per heavy atom. The zero-order valence-electron chi connectivity index (χ0n) is 28.2. The summed E-state index contributed by atoms with van der Waals surface area (Å²) in [6.07, 6.45) is 41.1. The standard InChI is InChI=1S/C18H38O2.C16H33Br.C2H6O2/c1-2-3-4-5-6-7-8-9-10-11-12-13-14-15-16-17-20-18-19;1-2-3-4-5-6-7-8-9-10-11-12-13-14-15-16-17;3-1-2-4/h19H,2-18H2,1H3;2-16H2,1H3;3-4H,1-2H2. The monoisotopic (exact) mass is 653 g/mol. The smallest absolute Gasteiger partial charge is 0.143 e. The van der Waals surface area contributed by atoms with Gasteiger partial charge in [0.05, 0.1) is 13.2 Å². The predicted molar refractivity (Wildman–Crippen MR) is 186 cm³/mol. The highest BCUT2D eigenvalue weighted by Crippen LogP contribution is 2.14. The van der Waals surface area contributed by atoms with Crippen LogP contribution in [0.5, 0.6) is 0 Å². The Morgan fingerprint density at radius 2 is 0.610 bits per heavy atom. The molecule has 0 spiro atoms. The first-order valence-electron chi connectivity index (χ1n) is 18.2. The molecule has 0 atom stereocenters. The van der Waals surface area contributed by atoms with Gasteiger partial charge in [0, 0.05) is 11.9 Å². The van der Waals surface area contributed by atoms with Gasteiger partial charge in [-0.2, -0.15) is 0 Å². The molecule has 3 N–H and O–H groups in total. The molecule has 41 heavy (non-hydrogen) atoms. The number of halogens is 1. The summed E-state index contributed by atoms with van der Waals surface area (Å²) in [5.74, 6) is 0. The van der Waals surface area contributed by atoms with E-state index in [-0.39, 0.29) is 20.0 Å². The van der Waals surface area contributed by atoms with E-state index in [1.54, 1.807) is 0 Å². The number of hydrogen-bond acceptors (Lipinski definition) is 4. The second kappa shape index (κ2) is 50.0. The van der Waals surface area contributed by atoms with Gasteiger partial charge in [0.2, 0.25) is 0 Å². The number of ether oxygens (including phenoxy) is 1. The number of aliphatic hydroxyl groups excluding tert-OH is 3. The van der Waals surface area contributed by atoms with Crippen LogP contribution in [0.4, 0.5) is 0 Å². The molecule has 0 radical (unpaired) electrons. The molecule has 0 aromatic carbocycles. The normalized spacial score (nSPS) is 10.7. The van der Waals surface area contributed by atoms with Crippen LogP contribution in [0, 0.1) is 0 Å². The summed E-state index contributed by atoms with van der Waals surface area (Å²) in [4.78, 5) is 0. The summed E-state index contributed by atoms with van der Waals surface area (Å²) in [5.41, 5.74) is 0. The first kappa shape index (κ1) is 45.7. The van der Waals surface area contributed by atoms with Crippen LogP contribution < -0.4 is 0 Å².